The number of pyridine rings is 1. The number of likely N-dealkylation sites (N-methyl/N-ethyl adjacent to an activating group) is 1. The number of rotatable bonds is 5. The fraction of sp³-hybridized carbons (Fsp3) is 0.545. The van der Waals surface area contributed by atoms with Gasteiger partial charge in [-0.1, -0.05) is 0 Å². The molecule has 0 amide bonds. The van der Waals surface area contributed by atoms with Gasteiger partial charge in [-0.25, -0.2) is 0 Å². The lowest BCUT2D eigenvalue weighted by Crippen LogP contribution is -2.24. The molecule has 1 N–H and O–H groups in total. The average molecular weight is 273 g/mol. The van der Waals surface area contributed by atoms with Crippen molar-refractivity contribution in [2.24, 2.45) is 0 Å². The molecule has 4 heteroatoms. The first-order valence-electron chi connectivity index (χ1n) is 5.03. The van der Waals surface area contributed by atoms with Crippen molar-refractivity contribution >= 4 is 15.9 Å². The summed E-state index contributed by atoms with van der Waals surface area (Å²) in [6.45, 7) is 4.70. The van der Waals surface area contributed by atoms with Crippen molar-refractivity contribution in [2.45, 2.75) is 26.0 Å². The summed E-state index contributed by atoms with van der Waals surface area (Å²) in [5, 5.41) is 3.19. The van der Waals surface area contributed by atoms with E-state index in [-0.39, 0.29) is 12.1 Å². The summed E-state index contributed by atoms with van der Waals surface area (Å²) in [7, 11) is 1.91. The van der Waals surface area contributed by atoms with Gasteiger partial charge in [0, 0.05) is 10.7 Å². The molecule has 0 aliphatic carbocycles. The molecule has 0 aliphatic heterocycles. The molecule has 0 spiro atoms. The molecule has 1 aromatic rings. The first-order chi connectivity index (χ1) is 7.13. The van der Waals surface area contributed by atoms with Crippen LogP contribution in [0.4, 0.5) is 0 Å². The van der Waals surface area contributed by atoms with Gasteiger partial charge < -0.3 is 10.1 Å². The molecule has 3 nitrogen and oxygen atoms in total. The van der Waals surface area contributed by atoms with Crippen LogP contribution in [0.15, 0.2) is 22.8 Å². The highest BCUT2D eigenvalue weighted by Gasteiger charge is 2.11. The lowest BCUT2D eigenvalue weighted by atomic mass is 10.2. The summed E-state index contributed by atoms with van der Waals surface area (Å²) in [6, 6.07) is 4.14. The molecule has 1 heterocycles. The van der Waals surface area contributed by atoms with Crippen molar-refractivity contribution in [3.05, 3.63) is 28.5 Å². The van der Waals surface area contributed by atoms with Crippen LogP contribution in [0.25, 0.3) is 0 Å². The molecular weight excluding hydrogens is 256 g/mol. The van der Waals surface area contributed by atoms with E-state index in [1.807, 2.05) is 33.0 Å². The van der Waals surface area contributed by atoms with Gasteiger partial charge >= 0.3 is 0 Å². The molecule has 0 saturated carbocycles. The lowest BCUT2D eigenvalue weighted by Gasteiger charge is -2.17. The van der Waals surface area contributed by atoms with Crippen LogP contribution in [-0.2, 0) is 4.74 Å². The van der Waals surface area contributed by atoms with Crippen molar-refractivity contribution < 1.29 is 4.74 Å². The summed E-state index contributed by atoms with van der Waals surface area (Å²) in [4.78, 5) is 4.34. The highest BCUT2D eigenvalue weighted by molar-refractivity contribution is 9.10. The van der Waals surface area contributed by atoms with Crippen molar-refractivity contribution in [1.82, 2.24) is 10.3 Å². The molecule has 1 unspecified atom stereocenters. The smallest absolute Gasteiger partial charge is 0.0730 e. The van der Waals surface area contributed by atoms with E-state index in [0.717, 1.165) is 10.2 Å². The first-order valence-corrected chi connectivity index (χ1v) is 5.83. The van der Waals surface area contributed by atoms with E-state index >= 15 is 0 Å². The first kappa shape index (κ1) is 12.6. The Morgan fingerprint density at radius 1 is 1.47 bits per heavy atom. The Hall–Kier alpha value is -0.450. The van der Waals surface area contributed by atoms with Crippen LogP contribution in [0, 0.1) is 0 Å². The molecular formula is C11H17BrN2O. The highest BCUT2D eigenvalue weighted by atomic mass is 79.9. The number of ether oxygens (including phenoxy) is 1. The molecule has 15 heavy (non-hydrogen) atoms. The summed E-state index contributed by atoms with van der Waals surface area (Å²) in [6.07, 6.45) is 2.05. The third-order valence-electron chi connectivity index (χ3n) is 2.05. The van der Waals surface area contributed by atoms with Gasteiger partial charge in [-0.3, -0.25) is 4.98 Å². The second kappa shape index (κ2) is 6.20. The van der Waals surface area contributed by atoms with E-state index in [1.54, 1.807) is 6.20 Å². The van der Waals surface area contributed by atoms with Crippen molar-refractivity contribution in [3.63, 3.8) is 0 Å². The van der Waals surface area contributed by atoms with Crippen LogP contribution in [0.3, 0.4) is 0 Å². The summed E-state index contributed by atoms with van der Waals surface area (Å²) < 4.78 is 6.56. The second-order valence-electron chi connectivity index (χ2n) is 3.62. The van der Waals surface area contributed by atoms with E-state index in [9.17, 15) is 0 Å². The number of aromatic nitrogens is 1. The topological polar surface area (TPSA) is 34.1 Å². The lowest BCUT2D eigenvalue weighted by molar-refractivity contribution is 0.0618. The molecule has 0 fully saturated rings. The molecule has 1 atom stereocenters. The molecule has 0 aromatic carbocycles. The van der Waals surface area contributed by atoms with Gasteiger partial charge in [0.25, 0.3) is 0 Å². The van der Waals surface area contributed by atoms with E-state index in [4.69, 9.17) is 4.74 Å². The predicted octanol–water partition coefficient (Wildman–Crippen LogP) is 2.53. The van der Waals surface area contributed by atoms with Crippen molar-refractivity contribution in [3.8, 4) is 0 Å². The van der Waals surface area contributed by atoms with Crippen LogP contribution >= 0.6 is 15.9 Å². The zero-order valence-corrected chi connectivity index (χ0v) is 10.9. The summed E-state index contributed by atoms with van der Waals surface area (Å²) >= 11 is 3.36. The Morgan fingerprint density at radius 2 is 2.20 bits per heavy atom. The van der Waals surface area contributed by atoms with Crippen LogP contribution in [0.5, 0.6) is 0 Å². The summed E-state index contributed by atoms with van der Waals surface area (Å²) in [5.74, 6) is 0. The highest BCUT2D eigenvalue weighted by Crippen LogP contribution is 2.14. The van der Waals surface area contributed by atoms with E-state index in [2.05, 4.69) is 26.2 Å². The van der Waals surface area contributed by atoms with Crippen LogP contribution < -0.4 is 5.32 Å². The molecule has 0 saturated heterocycles. The van der Waals surface area contributed by atoms with E-state index in [1.165, 1.54) is 0 Å². The third kappa shape index (κ3) is 4.28. The maximum absolute atomic E-state index is 5.57. The number of hydrogen-bond donors (Lipinski definition) is 1. The molecule has 1 rings (SSSR count). The SMILES string of the molecule is CNC(COC(C)C)c1ccc(Br)cn1. The fourth-order valence-corrected chi connectivity index (χ4v) is 1.43. The molecule has 84 valence electrons. The monoisotopic (exact) mass is 272 g/mol. The van der Waals surface area contributed by atoms with Crippen molar-refractivity contribution in [2.75, 3.05) is 13.7 Å². The standard InChI is InChI=1S/C11H17BrN2O/c1-8(2)15-7-11(13-3)10-5-4-9(12)6-14-10/h4-6,8,11,13H,7H2,1-3H3. The minimum Gasteiger partial charge on any atom is -0.377 e. The predicted molar refractivity (Wildman–Crippen MR) is 64.8 cm³/mol. The van der Waals surface area contributed by atoms with Gasteiger partial charge in [0.15, 0.2) is 0 Å². The maximum atomic E-state index is 5.57. The molecule has 0 radical (unpaired) electrons. The van der Waals surface area contributed by atoms with Crippen LogP contribution in [0.2, 0.25) is 0 Å². The number of nitrogens with zero attached hydrogens (tertiary/aromatic N) is 1. The summed E-state index contributed by atoms with van der Waals surface area (Å²) in [5.41, 5.74) is 1.00. The van der Waals surface area contributed by atoms with E-state index < -0.39 is 0 Å². The Labute approximate surface area is 99.4 Å². The van der Waals surface area contributed by atoms with Gasteiger partial charge in [-0.15, -0.1) is 0 Å². The number of halogens is 1. The second-order valence-corrected chi connectivity index (χ2v) is 4.54. The van der Waals surface area contributed by atoms with Gasteiger partial charge in [0.1, 0.15) is 0 Å². The quantitative estimate of drug-likeness (QED) is 0.895. The fourth-order valence-electron chi connectivity index (χ4n) is 1.20. The molecule has 0 aliphatic rings. The Kier molecular flexibility index (Phi) is 5.22. The number of hydrogen-bond acceptors (Lipinski definition) is 3. The average Bonchev–Trinajstić information content (AvgIpc) is 2.21. The van der Waals surface area contributed by atoms with Gasteiger partial charge in [0.2, 0.25) is 0 Å². The zero-order chi connectivity index (χ0) is 11.3. The van der Waals surface area contributed by atoms with Crippen molar-refractivity contribution in [1.29, 1.82) is 0 Å². The molecule has 1 aromatic heterocycles. The van der Waals surface area contributed by atoms with Crippen LogP contribution in [-0.4, -0.2) is 24.7 Å². The third-order valence-corrected chi connectivity index (χ3v) is 2.52. The minimum absolute atomic E-state index is 0.153. The van der Waals surface area contributed by atoms with Gasteiger partial charge in [-0.2, -0.15) is 0 Å². The molecule has 0 bridgehead atoms. The van der Waals surface area contributed by atoms with E-state index in [0.29, 0.717) is 6.61 Å². The minimum atomic E-state index is 0.153. The Balaban J connectivity index is 2.61. The van der Waals surface area contributed by atoms with Gasteiger partial charge in [0.05, 0.1) is 24.4 Å². The van der Waals surface area contributed by atoms with Gasteiger partial charge in [-0.05, 0) is 49.0 Å². The van der Waals surface area contributed by atoms with Crippen LogP contribution in [0.1, 0.15) is 25.6 Å². The Bertz CT molecular complexity index is 287. The zero-order valence-electron chi connectivity index (χ0n) is 9.33. The Morgan fingerprint density at radius 3 is 2.67 bits per heavy atom. The maximum Gasteiger partial charge on any atom is 0.0730 e. The largest absolute Gasteiger partial charge is 0.377 e. The normalized spacial score (nSPS) is 13.1. The number of nitrogens with one attached hydrogen (secondary N) is 1.